The first-order valence-corrected chi connectivity index (χ1v) is 10.8. The number of amides is 1. The van der Waals surface area contributed by atoms with E-state index in [1.807, 2.05) is 19.1 Å². The molecule has 4 rings (SSSR count). The van der Waals surface area contributed by atoms with Crippen LogP contribution < -0.4 is 9.47 Å². The molecule has 0 bridgehead atoms. The molecular weight excluding hydrogens is 426 g/mol. The fourth-order valence-electron chi connectivity index (χ4n) is 4.14. The minimum Gasteiger partial charge on any atom is -0.507 e. The van der Waals surface area contributed by atoms with E-state index < -0.39 is 23.7 Å². The van der Waals surface area contributed by atoms with Crippen LogP contribution in [0.2, 0.25) is 0 Å². The van der Waals surface area contributed by atoms with Gasteiger partial charge in [-0.1, -0.05) is 42.3 Å². The van der Waals surface area contributed by atoms with Gasteiger partial charge >= 0.3 is 5.97 Å². The Labute approximate surface area is 191 Å². The van der Waals surface area contributed by atoms with Crippen molar-refractivity contribution in [3.63, 3.8) is 0 Å². The van der Waals surface area contributed by atoms with E-state index in [1.165, 1.54) is 4.90 Å². The molecule has 1 atom stereocenters. The molecule has 2 heterocycles. The molecule has 2 N–H and O–H groups in total. The van der Waals surface area contributed by atoms with Gasteiger partial charge in [0.2, 0.25) is 6.79 Å². The smallest absolute Gasteiger partial charge is 0.303 e. The van der Waals surface area contributed by atoms with Crippen LogP contribution in [0.4, 0.5) is 0 Å². The molecule has 2 aromatic carbocycles. The normalized spacial score (nSPS) is 18.7. The second-order valence-electron chi connectivity index (χ2n) is 8.18. The molecule has 0 aromatic heterocycles. The number of carboxylic acid groups (broad SMARTS) is 1. The third-order valence-corrected chi connectivity index (χ3v) is 5.87. The summed E-state index contributed by atoms with van der Waals surface area (Å²) in [6, 6.07) is 11.5. The van der Waals surface area contributed by atoms with Gasteiger partial charge in [0.05, 0.1) is 11.6 Å². The van der Waals surface area contributed by atoms with Crippen LogP contribution in [0.3, 0.4) is 0 Å². The summed E-state index contributed by atoms with van der Waals surface area (Å²) < 4.78 is 10.8. The number of hydrogen-bond donors (Lipinski definition) is 2. The summed E-state index contributed by atoms with van der Waals surface area (Å²) in [4.78, 5) is 38.2. The van der Waals surface area contributed by atoms with E-state index >= 15 is 0 Å². The van der Waals surface area contributed by atoms with Crippen LogP contribution in [0, 0.1) is 6.92 Å². The predicted molar refractivity (Wildman–Crippen MR) is 119 cm³/mol. The van der Waals surface area contributed by atoms with Gasteiger partial charge in [-0.3, -0.25) is 14.4 Å². The number of fused-ring (bicyclic) bond motifs is 1. The van der Waals surface area contributed by atoms with Crippen molar-refractivity contribution in [2.45, 2.75) is 38.6 Å². The molecule has 1 unspecified atom stereocenters. The summed E-state index contributed by atoms with van der Waals surface area (Å²) in [6.07, 6.45) is 1.67. The van der Waals surface area contributed by atoms with E-state index in [-0.39, 0.29) is 31.1 Å². The highest BCUT2D eigenvalue weighted by molar-refractivity contribution is 6.46. The second kappa shape index (κ2) is 9.36. The standard InChI is InChI=1S/C25H25NO7/c1-15-6-8-16(9-7-15)23(29)21-22(17-10-11-18-19(13-17)33-14-32-18)26(25(31)24(21)30)12-4-2-3-5-20(27)28/h6-11,13,22,29H,2-5,12,14H2,1H3,(H,27,28)/b23-21-. The number of aliphatic hydroxyl groups excluding tert-OH is 1. The second-order valence-corrected chi connectivity index (χ2v) is 8.18. The number of ether oxygens (including phenoxy) is 2. The third-order valence-electron chi connectivity index (χ3n) is 5.87. The zero-order chi connectivity index (χ0) is 23.5. The lowest BCUT2D eigenvalue weighted by Gasteiger charge is -2.25. The molecule has 0 aliphatic carbocycles. The van der Waals surface area contributed by atoms with E-state index in [1.54, 1.807) is 30.3 Å². The van der Waals surface area contributed by atoms with Crippen LogP contribution in [-0.2, 0) is 14.4 Å². The average molecular weight is 451 g/mol. The number of unbranched alkanes of at least 4 members (excludes halogenated alkanes) is 2. The summed E-state index contributed by atoms with van der Waals surface area (Å²) in [5, 5.41) is 19.9. The highest BCUT2D eigenvalue weighted by Gasteiger charge is 2.46. The van der Waals surface area contributed by atoms with E-state index in [0.717, 1.165) is 5.56 Å². The molecule has 1 fully saturated rings. The van der Waals surface area contributed by atoms with Crippen LogP contribution in [-0.4, -0.2) is 46.1 Å². The van der Waals surface area contributed by atoms with Crippen molar-refractivity contribution in [2.24, 2.45) is 0 Å². The van der Waals surface area contributed by atoms with Gasteiger partial charge in [-0.2, -0.15) is 0 Å². The fourth-order valence-corrected chi connectivity index (χ4v) is 4.14. The van der Waals surface area contributed by atoms with Gasteiger partial charge in [0.25, 0.3) is 11.7 Å². The van der Waals surface area contributed by atoms with Crippen molar-refractivity contribution < 1.29 is 34.1 Å². The molecule has 2 aliphatic rings. The minimum absolute atomic E-state index is 0.0215. The Morgan fingerprint density at radius 2 is 1.73 bits per heavy atom. The summed E-state index contributed by atoms with van der Waals surface area (Å²) in [5.74, 6) is -1.46. The lowest BCUT2D eigenvalue weighted by molar-refractivity contribution is -0.140. The molecule has 2 aromatic rings. The SMILES string of the molecule is Cc1ccc(/C(O)=C2/C(=O)C(=O)N(CCCCCC(=O)O)C2c2ccc3c(c2)OCO3)cc1. The molecule has 33 heavy (non-hydrogen) atoms. The molecule has 8 nitrogen and oxygen atoms in total. The zero-order valence-corrected chi connectivity index (χ0v) is 18.2. The van der Waals surface area contributed by atoms with E-state index in [9.17, 15) is 19.5 Å². The van der Waals surface area contributed by atoms with Gasteiger partial charge in [0.1, 0.15) is 5.76 Å². The van der Waals surface area contributed by atoms with Gasteiger partial charge in [-0.15, -0.1) is 0 Å². The van der Waals surface area contributed by atoms with Gasteiger partial charge in [0.15, 0.2) is 11.5 Å². The fraction of sp³-hybridized carbons (Fsp3) is 0.320. The number of carbonyl (C=O) groups excluding carboxylic acids is 2. The Hall–Kier alpha value is -3.81. The number of carboxylic acids is 1. The Balaban J connectivity index is 1.70. The molecule has 8 heteroatoms. The first-order valence-electron chi connectivity index (χ1n) is 10.8. The number of aliphatic hydroxyl groups is 1. The third kappa shape index (κ3) is 4.55. The van der Waals surface area contributed by atoms with Crippen LogP contribution in [0.25, 0.3) is 5.76 Å². The van der Waals surface area contributed by atoms with Gasteiger partial charge in [-0.25, -0.2) is 0 Å². The Bertz CT molecular complexity index is 1120. The van der Waals surface area contributed by atoms with Crippen molar-refractivity contribution in [2.75, 3.05) is 13.3 Å². The summed E-state index contributed by atoms with van der Waals surface area (Å²) >= 11 is 0. The van der Waals surface area contributed by atoms with Crippen LogP contribution in [0.15, 0.2) is 48.0 Å². The van der Waals surface area contributed by atoms with Gasteiger partial charge in [-0.05, 0) is 37.5 Å². The highest BCUT2D eigenvalue weighted by atomic mass is 16.7. The van der Waals surface area contributed by atoms with Crippen LogP contribution in [0.1, 0.15) is 48.4 Å². The van der Waals surface area contributed by atoms with Crippen molar-refractivity contribution in [3.8, 4) is 11.5 Å². The van der Waals surface area contributed by atoms with E-state index in [2.05, 4.69) is 0 Å². The molecule has 1 amide bonds. The molecular formula is C25H25NO7. The van der Waals surface area contributed by atoms with E-state index in [4.69, 9.17) is 14.6 Å². The number of ketones is 1. The molecule has 172 valence electrons. The number of likely N-dealkylation sites (tertiary alicyclic amines) is 1. The number of aliphatic carboxylic acids is 1. The quantitative estimate of drug-likeness (QED) is 0.272. The largest absolute Gasteiger partial charge is 0.507 e. The number of carbonyl (C=O) groups is 3. The van der Waals surface area contributed by atoms with E-state index in [0.29, 0.717) is 41.9 Å². The van der Waals surface area contributed by atoms with Gasteiger partial charge < -0.3 is 24.6 Å². The van der Waals surface area contributed by atoms with Crippen molar-refractivity contribution in [1.29, 1.82) is 0 Å². The number of benzene rings is 2. The highest BCUT2D eigenvalue weighted by Crippen LogP contribution is 2.43. The molecule has 0 saturated carbocycles. The first kappa shape index (κ1) is 22.4. The Morgan fingerprint density at radius 1 is 1.00 bits per heavy atom. The minimum atomic E-state index is -0.867. The Morgan fingerprint density at radius 3 is 2.45 bits per heavy atom. The number of hydrogen-bond acceptors (Lipinski definition) is 6. The number of rotatable bonds is 8. The average Bonchev–Trinajstić information content (AvgIpc) is 3.36. The maximum Gasteiger partial charge on any atom is 0.303 e. The molecule has 0 radical (unpaired) electrons. The van der Waals surface area contributed by atoms with Gasteiger partial charge in [0, 0.05) is 18.5 Å². The number of nitrogens with zero attached hydrogens (tertiary/aromatic N) is 1. The van der Waals surface area contributed by atoms with Crippen LogP contribution >= 0.6 is 0 Å². The summed E-state index contributed by atoms with van der Waals surface area (Å²) in [5.41, 5.74) is 2.09. The number of Topliss-reactive ketones (excluding diaryl/α,β-unsaturated/α-hetero) is 1. The maximum atomic E-state index is 13.1. The summed E-state index contributed by atoms with van der Waals surface area (Å²) in [6.45, 7) is 2.26. The molecule has 2 aliphatic heterocycles. The predicted octanol–water partition coefficient (Wildman–Crippen LogP) is 3.79. The lowest BCUT2D eigenvalue weighted by atomic mass is 9.94. The summed E-state index contributed by atoms with van der Waals surface area (Å²) in [7, 11) is 0. The lowest BCUT2D eigenvalue weighted by Crippen LogP contribution is -2.30. The first-order chi connectivity index (χ1) is 15.9. The monoisotopic (exact) mass is 451 g/mol. The van der Waals surface area contributed by atoms with Crippen molar-refractivity contribution in [3.05, 3.63) is 64.7 Å². The maximum absolute atomic E-state index is 13.1. The van der Waals surface area contributed by atoms with Crippen LogP contribution in [0.5, 0.6) is 11.5 Å². The topological polar surface area (TPSA) is 113 Å². The van der Waals surface area contributed by atoms with Crippen molar-refractivity contribution >= 4 is 23.4 Å². The Kier molecular flexibility index (Phi) is 6.35. The molecule has 1 saturated heterocycles. The zero-order valence-electron chi connectivity index (χ0n) is 18.2. The number of aryl methyl sites for hydroxylation is 1. The molecule has 0 spiro atoms. The van der Waals surface area contributed by atoms with Crippen molar-refractivity contribution in [1.82, 2.24) is 4.90 Å².